The molecule has 1 nitrogen and oxygen atoms in total. The number of nitrogens with one attached hydrogen (secondary N) is 1. The summed E-state index contributed by atoms with van der Waals surface area (Å²) in [6.45, 7) is 7.55. The van der Waals surface area contributed by atoms with Crippen LogP contribution >= 0.6 is 11.8 Å². The van der Waals surface area contributed by atoms with Crippen LogP contribution in [0.3, 0.4) is 0 Å². The maximum atomic E-state index is 3.44. The average molecular weight is 299 g/mol. The molecule has 0 aromatic heterocycles. The van der Waals surface area contributed by atoms with Gasteiger partial charge in [0.25, 0.3) is 0 Å². The zero-order chi connectivity index (χ0) is 15.1. The lowest BCUT2D eigenvalue weighted by Gasteiger charge is -2.13. The first-order valence-electron chi connectivity index (χ1n) is 7.77. The van der Waals surface area contributed by atoms with E-state index < -0.39 is 0 Å². The summed E-state index contributed by atoms with van der Waals surface area (Å²) in [5.74, 6) is 1.03. The lowest BCUT2D eigenvalue weighted by Crippen LogP contribution is -2.17. The predicted octanol–water partition coefficient (Wildman–Crippen LogP) is 5.21. The molecule has 1 unspecified atom stereocenters. The molecule has 0 fully saturated rings. The minimum absolute atomic E-state index is 0.427. The maximum absolute atomic E-state index is 3.44. The Morgan fingerprint density at radius 1 is 0.905 bits per heavy atom. The van der Waals surface area contributed by atoms with Crippen molar-refractivity contribution < 1.29 is 0 Å². The number of aryl methyl sites for hydroxylation is 1. The van der Waals surface area contributed by atoms with Gasteiger partial charge in [0, 0.05) is 16.7 Å². The van der Waals surface area contributed by atoms with Crippen molar-refractivity contribution in [2.45, 2.75) is 43.9 Å². The fraction of sp³-hybridized carbons (Fsp3) is 0.368. The minimum atomic E-state index is 0.427. The molecule has 0 bridgehead atoms. The van der Waals surface area contributed by atoms with Crippen molar-refractivity contribution in [3.63, 3.8) is 0 Å². The zero-order valence-corrected chi connectivity index (χ0v) is 14.0. The van der Waals surface area contributed by atoms with E-state index in [4.69, 9.17) is 0 Å². The molecule has 0 aliphatic heterocycles. The van der Waals surface area contributed by atoms with E-state index in [-0.39, 0.29) is 0 Å². The summed E-state index contributed by atoms with van der Waals surface area (Å²) >= 11 is 1.90. The third kappa shape index (κ3) is 4.90. The Kier molecular flexibility index (Phi) is 6.34. The van der Waals surface area contributed by atoms with Crippen LogP contribution in [0.15, 0.2) is 53.4 Å². The van der Waals surface area contributed by atoms with Gasteiger partial charge >= 0.3 is 0 Å². The molecule has 0 amide bonds. The lowest BCUT2D eigenvalue weighted by molar-refractivity contribution is 0.598. The van der Waals surface area contributed by atoms with Gasteiger partial charge in [0.15, 0.2) is 0 Å². The summed E-state index contributed by atoms with van der Waals surface area (Å²) in [6.07, 6.45) is 1.11. The fourth-order valence-electron chi connectivity index (χ4n) is 2.31. The van der Waals surface area contributed by atoms with Crippen molar-refractivity contribution in [3.8, 4) is 0 Å². The van der Waals surface area contributed by atoms with Crippen LogP contribution in [0.5, 0.6) is 0 Å². The first-order valence-corrected chi connectivity index (χ1v) is 8.75. The maximum Gasteiger partial charge on any atom is 0.0291 e. The molecule has 1 atom stereocenters. The third-order valence-corrected chi connectivity index (χ3v) is 4.81. The van der Waals surface area contributed by atoms with E-state index >= 15 is 0 Å². The van der Waals surface area contributed by atoms with E-state index in [1.54, 1.807) is 0 Å². The standard InChI is InChI=1S/C19H25NS/c1-4-16-6-8-17(9-7-16)14-21-19-12-10-18(11-13-19)15(3)20-5-2/h6-13,15,20H,4-5,14H2,1-3H3. The average Bonchev–Trinajstić information content (AvgIpc) is 2.54. The Morgan fingerprint density at radius 2 is 1.52 bits per heavy atom. The Balaban J connectivity index is 1.90. The molecule has 112 valence electrons. The molecule has 0 saturated carbocycles. The van der Waals surface area contributed by atoms with Gasteiger partial charge in [-0.25, -0.2) is 0 Å². The van der Waals surface area contributed by atoms with Crippen molar-refractivity contribution in [2.75, 3.05) is 6.54 Å². The monoisotopic (exact) mass is 299 g/mol. The second-order valence-corrected chi connectivity index (χ2v) is 6.36. The number of benzene rings is 2. The van der Waals surface area contributed by atoms with Crippen molar-refractivity contribution in [1.82, 2.24) is 5.32 Å². The molecular weight excluding hydrogens is 274 g/mol. The van der Waals surface area contributed by atoms with E-state index in [2.05, 4.69) is 74.6 Å². The first-order chi connectivity index (χ1) is 10.2. The SMILES string of the molecule is CCNC(C)c1ccc(SCc2ccc(CC)cc2)cc1. The van der Waals surface area contributed by atoms with Gasteiger partial charge in [-0.3, -0.25) is 0 Å². The van der Waals surface area contributed by atoms with Gasteiger partial charge in [0.05, 0.1) is 0 Å². The van der Waals surface area contributed by atoms with Crippen LogP contribution in [0.25, 0.3) is 0 Å². The normalized spacial score (nSPS) is 12.3. The number of thioether (sulfide) groups is 1. The molecule has 0 saturated heterocycles. The summed E-state index contributed by atoms with van der Waals surface area (Å²) in [5, 5.41) is 3.44. The zero-order valence-electron chi connectivity index (χ0n) is 13.2. The lowest BCUT2D eigenvalue weighted by atomic mass is 10.1. The van der Waals surface area contributed by atoms with Crippen molar-refractivity contribution >= 4 is 11.8 Å². The molecule has 0 aliphatic carbocycles. The second kappa shape index (κ2) is 8.26. The highest BCUT2D eigenvalue weighted by Crippen LogP contribution is 2.24. The first kappa shape index (κ1) is 16.1. The molecule has 2 aromatic rings. The summed E-state index contributed by atoms with van der Waals surface area (Å²) in [6, 6.07) is 18.3. The predicted molar refractivity (Wildman–Crippen MR) is 93.9 cm³/mol. The van der Waals surface area contributed by atoms with E-state index in [1.165, 1.54) is 21.6 Å². The molecule has 1 N–H and O–H groups in total. The van der Waals surface area contributed by atoms with Gasteiger partial charge in [0.1, 0.15) is 0 Å². The van der Waals surface area contributed by atoms with Gasteiger partial charge in [-0.1, -0.05) is 50.2 Å². The van der Waals surface area contributed by atoms with Gasteiger partial charge < -0.3 is 5.32 Å². The molecule has 0 spiro atoms. The minimum Gasteiger partial charge on any atom is -0.310 e. The van der Waals surface area contributed by atoms with Crippen molar-refractivity contribution in [1.29, 1.82) is 0 Å². The highest BCUT2D eigenvalue weighted by molar-refractivity contribution is 7.98. The summed E-state index contributed by atoms with van der Waals surface area (Å²) in [5.41, 5.74) is 4.15. The Bertz CT molecular complexity index is 530. The summed E-state index contributed by atoms with van der Waals surface area (Å²) < 4.78 is 0. The number of rotatable bonds is 7. The Labute approximate surface area is 133 Å². The van der Waals surface area contributed by atoms with Crippen LogP contribution in [0.4, 0.5) is 0 Å². The summed E-state index contributed by atoms with van der Waals surface area (Å²) in [7, 11) is 0. The van der Waals surface area contributed by atoms with Crippen LogP contribution < -0.4 is 5.32 Å². The third-order valence-electron chi connectivity index (χ3n) is 3.73. The highest BCUT2D eigenvalue weighted by atomic mass is 32.2. The molecule has 0 radical (unpaired) electrons. The van der Waals surface area contributed by atoms with Gasteiger partial charge in [-0.15, -0.1) is 11.8 Å². The van der Waals surface area contributed by atoms with E-state index in [9.17, 15) is 0 Å². The molecule has 2 aromatic carbocycles. The topological polar surface area (TPSA) is 12.0 Å². The molecular formula is C19H25NS. The Hall–Kier alpha value is -1.25. The largest absolute Gasteiger partial charge is 0.310 e. The summed E-state index contributed by atoms with van der Waals surface area (Å²) in [4.78, 5) is 1.34. The van der Waals surface area contributed by atoms with Crippen molar-refractivity contribution in [2.24, 2.45) is 0 Å². The molecule has 21 heavy (non-hydrogen) atoms. The molecule has 0 heterocycles. The van der Waals surface area contributed by atoms with Crippen LogP contribution in [0.1, 0.15) is 43.5 Å². The highest BCUT2D eigenvalue weighted by Gasteiger charge is 2.03. The molecule has 0 aliphatic rings. The smallest absolute Gasteiger partial charge is 0.0291 e. The van der Waals surface area contributed by atoms with Crippen LogP contribution in [0.2, 0.25) is 0 Å². The molecule has 2 rings (SSSR count). The number of hydrogen-bond acceptors (Lipinski definition) is 2. The van der Waals surface area contributed by atoms with Gasteiger partial charge in [0.2, 0.25) is 0 Å². The fourth-order valence-corrected chi connectivity index (χ4v) is 3.17. The second-order valence-electron chi connectivity index (χ2n) is 5.31. The van der Waals surface area contributed by atoms with E-state index in [0.717, 1.165) is 18.7 Å². The van der Waals surface area contributed by atoms with E-state index in [0.29, 0.717) is 6.04 Å². The quantitative estimate of drug-likeness (QED) is 0.704. The van der Waals surface area contributed by atoms with Crippen molar-refractivity contribution in [3.05, 3.63) is 65.2 Å². The van der Waals surface area contributed by atoms with Gasteiger partial charge in [-0.05, 0) is 48.7 Å². The number of hydrogen-bond donors (Lipinski definition) is 1. The van der Waals surface area contributed by atoms with Crippen LogP contribution in [0, 0.1) is 0 Å². The van der Waals surface area contributed by atoms with Crippen LogP contribution in [-0.4, -0.2) is 6.54 Å². The Morgan fingerprint density at radius 3 is 2.10 bits per heavy atom. The van der Waals surface area contributed by atoms with Gasteiger partial charge in [-0.2, -0.15) is 0 Å². The van der Waals surface area contributed by atoms with Crippen LogP contribution in [-0.2, 0) is 12.2 Å². The van der Waals surface area contributed by atoms with E-state index in [1.807, 2.05) is 11.8 Å². The molecule has 2 heteroatoms.